The lowest BCUT2D eigenvalue weighted by atomic mass is 10.1. The van der Waals surface area contributed by atoms with Crippen molar-refractivity contribution in [2.75, 3.05) is 25.2 Å². The SMILES string of the molecule is CCCS(=O)(=O)CCNC(C(=O)OC)c1ccccc1. The van der Waals surface area contributed by atoms with Crippen LogP contribution in [0.3, 0.4) is 0 Å². The van der Waals surface area contributed by atoms with E-state index in [1.807, 2.05) is 25.1 Å². The Morgan fingerprint density at radius 1 is 1.25 bits per heavy atom. The Labute approximate surface area is 120 Å². The first-order valence-corrected chi connectivity index (χ1v) is 8.39. The molecule has 20 heavy (non-hydrogen) atoms. The summed E-state index contributed by atoms with van der Waals surface area (Å²) in [6.07, 6.45) is 0.599. The first-order chi connectivity index (χ1) is 9.50. The van der Waals surface area contributed by atoms with Crippen molar-refractivity contribution in [2.45, 2.75) is 19.4 Å². The first kappa shape index (κ1) is 16.7. The van der Waals surface area contributed by atoms with Crippen LogP contribution in [0.1, 0.15) is 24.9 Å². The van der Waals surface area contributed by atoms with Crippen molar-refractivity contribution in [1.82, 2.24) is 5.32 Å². The highest BCUT2D eigenvalue weighted by molar-refractivity contribution is 7.91. The van der Waals surface area contributed by atoms with Crippen molar-refractivity contribution in [3.63, 3.8) is 0 Å². The molecule has 112 valence electrons. The molecular formula is C14H21NO4S. The highest BCUT2D eigenvalue weighted by Gasteiger charge is 2.21. The van der Waals surface area contributed by atoms with Crippen LogP contribution < -0.4 is 5.32 Å². The normalized spacial score (nSPS) is 12.9. The van der Waals surface area contributed by atoms with Crippen LogP contribution in [-0.4, -0.2) is 39.5 Å². The van der Waals surface area contributed by atoms with Gasteiger partial charge >= 0.3 is 5.97 Å². The molecule has 1 aromatic rings. The number of rotatable bonds is 8. The van der Waals surface area contributed by atoms with Gasteiger partial charge in [0, 0.05) is 12.3 Å². The summed E-state index contributed by atoms with van der Waals surface area (Å²) < 4.78 is 28.0. The maximum Gasteiger partial charge on any atom is 0.327 e. The number of hydrogen-bond donors (Lipinski definition) is 1. The molecule has 1 aromatic carbocycles. The van der Waals surface area contributed by atoms with E-state index in [-0.39, 0.29) is 18.1 Å². The van der Waals surface area contributed by atoms with Crippen molar-refractivity contribution in [3.05, 3.63) is 35.9 Å². The van der Waals surface area contributed by atoms with E-state index in [0.29, 0.717) is 6.42 Å². The Morgan fingerprint density at radius 3 is 2.45 bits per heavy atom. The summed E-state index contributed by atoms with van der Waals surface area (Å²) in [7, 11) is -1.74. The summed E-state index contributed by atoms with van der Waals surface area (Å²) in [6.45, 7) is 2.04. The van der Waals surface area contributed by atoms with Crippen LogP contribution in [0.2, 0.25) is 0 Å². The molecule has 0 radical (unpaired) electrons. The molecule has 0 bridgehead atoms. The summed E-state index contributed by atoms with van der Waals surface area (Å²) in [6, 6.07) is 8.45. The van der Waals surface area contributed by atoms with Crippen LogP contribution in [0.25, 0.3) is 0 Å². The zero-order chi connectivity index (χ0) is 15.0. The minimum atomic E-state index is -3.06. The molecule has 0 saturated heterocycles. The molecule has 0 spiro atoms. The number of methoxy groups -OCH3 is 1. The average molecular weight is 299 g/mol. The van der Waals surface area contributed by atoms with E-state index in [0.717, 1.165) is 5.56 Å². The fourth-order valence-electron chi connectivity index (χ4n) is 1.87. The fourth-order valence-corrected chi connectivity index (χ4v) is 3.13. The maximum absolute atomic E-state index is 11.8. The summed E-state index contributed by atoms with van der Waals surface area (Å²) in [5.74, 6) is -0.242. The van der Waals surface area contributed by atoms with E-state index >= 15 is 0 Å². The number of benzene rings is 1. The number of hydrogen-bond acceptors (Lipinski definition) is 5. The quantitative estimate of drug-likeness (QED) is 0.733. The minimum Gasteiger partial charge on any atom is -0.468 e. The standard InChI is InChI=1S/C14H21NO4S/c1-3-10-20(17,18)11-9-15-13(14(16)19-2)12-7-5-4-6-8-12/h4-8,13,15H,3,9-11H2,1-2H3. The van der Waals surface area contributed by atoms with Gasteiger partial charge in [0.25, 0.3) is 0 Å². The van der Waals surface area contributed by atoms with Gasteiger partial charge < -0.3 is 4.74 Å². The van der Waals surface area contributed by atoms with Crippen molar-refractivity contribution < 1.29 is 17.9 Å². The van der Waals surface area contributed by atoms with Gasteiger partial charge in [-0.3, -0.25) is 5.32 Å². The first-order valence-electron chi connectivity index (χ1n) is 6.56. The van der Waals surface area contributed by atoms with Gasteiger partial charge in [-0.2, -0.15) is 0 Å². The van der Waals surface area contributed by atoms with Crippen molar-refractivity contribution in [3.8, 4) is 0 Å². The average Bonchev–Trinajstić information content (AvgIpc) is 2.43. The number of nitrogens with one attached hydrogen (secondary N) is 1. The number of carbonyl (C=O) groups excluding carboxylic acids is 1. The Balaban J connectivity index is 2.66. The molecule has 0 aliphatic rings. The van der Waals surface area contributed by atoms with Gasteiger partial charge in [0.2, 0.25) is 0 Å². The minimum absolute atomic E-state index is 0.0150. The van der Waals surface area contributed by atoms with Gasteiger partial charge in [-0.05, 0) is 12.0 Å². The van der Waals surface area contributed by atoms with E-state index in [1.54, 1.807) is 12.1 Å². The molecule has 0 amide bonds. The number of sulfone groups is 1. The predicted molar refractivity (Wildman–Crippen MR) is 78.1 cm³/mol. The van der Waals surface area contributed by atoms with Gasteiger partial charge in [-0.25, -0.2) is 13.2 Å². The summed E-state index contributed by atoms with van der Waals surface area (Å²) in [5.41, 5.74) is 0.757. The smallest absolute Gasteiger partial charge is 0.327 e. The Kier molecular flexibility index (Phi) is 6.67. The molecule has 1 atom stereocenters. The van der Waals surface area contributed by atoms with E-state index in [4.69, 9.17) is 4.74 Å². The molecule has 6 heteroatoms. The molecular weight excluding hydrogens is 278 g/mol. The zero-order valence-electron chi connectivity index (χ0n) is 11.8. The van der Waals surface area contributed by atoms with Gasteiger partial charge in [0.15, 0.2) is 9.84 Å². The summed E-state index contributed by atoms with van der Waals surface area (Å²) in [4.78, 5) is 11.8. The number of carbonyl (C=O) groups is 1. The highest BCUT2D eigenvalue weighted by atomic mass is 32.2. The maximum atomic E-state index is 11.8. The summed E-state index contributed by atoms with van der Waals surface area (Å²) in [5, 5.41) is 2.95. The van der Waals surface area contributed by atoms with Gasteiger partial charge in [-0.1, -0.05) is 37.3 Å². The van der Waals surface area contributed by atoms with Crippen LogP contribution in [0.15, 0.2) is 30.3 Å². The van der Waals surface area contributed by atoms with Gasteiger partial charge in [0.1, 0.15) is 6.04 Å². The van der Waals surface area contributed by atoms with Crippen molar-refractivity contribution in [2.24, 2.45) is 0 Å². The molecule has 0 aliphatic carbocycles. The molecule has 0 heterocycles. The van der Waals surface area contributed by atoms with Crippen molar-refractivity contribution in [1.29, 1.82) is 0 Å². The molecule has 1 rings (SSSR count). The van der Waals surface area contributed by atoms with Crippen LogP contribution in [0.5, 0.6) is 0 Å². The third-order valence-electron chi connectivity index (χ3n) is 2.85. The molecule has 5 nitrogen and oxygen atoms in total. The monoisotopic (exact) mass is 299 g/mol. The van der Waals surface area contributed by atoms with Crippen LogP contribution in [-0.2, 0) is 19.4 Å². The fraction of sp³-hybridized carbons (Fsp3) is 0.500. The Bertz CT molecular complexity index is 513. The van der Waals surface area contributed by atoms with Crippen LogP contribution in [0.4, 0.5) is 0 Å². The second-order valence-corrected chi connectivity index (χ2v) is 6.78. The highest BCUT2D eigenvalue weighted by Crippen LogP contribution is 2.13. The van der Waals surface area contributed by atoms with Crippen molar-refractivity contribution >= 4 is 15.8 Å². The molecule has 1 N–H and O–H groups in total. The lowest BCUT2D eigenvalue weighted by Gasteiger charge is -2.16. The largest absolute Gasteiger partial charge is 0.468 e. The Hall–Kier alpha value is -1.40. The van der Waals surface area contributed by atoms with Crippen LogP contribution in [0, 0.1) is 0 Å². The predicted octanol–water partition coefficient (Wildman–Crippen LogP) is 1.32. The van der Waals surface area contributed by atoms with E-state index < -0.39 is 21.8 Å². The second kappa shape index (κ2) is 8.01. The number of ether oxygens (including phenoxy) is 1. The lowest BCUT2D eigenvalue weighted by Crippen LogP contribution is -2.33. The van der Waals surface area contributed by atoms with E-state index in [2.05, 4.69) is 5.32 Å². The lowest BCUT2D eigenvalue weighted by molar-refractivity contribution is -0.143. The number of esters is 1. The molecule has 0 aromatic heterocycles. The second-order valence-electron chi connectivity index (χ2n) is 4.47. The van der Waals surface area contributed by atoms with Crippen LogP contribution >= 0.6 is 0 Å². The topological polar surface area (TPSA) is 72.5 Å². The van der Waals surface area contributed by atoms with E-state index in [1.165, 1.54) is 7.11 Å². The third kappa shape index (κ3) is 5.30. The van der Waals surface area contributed by atoms with Gasteiger partial charge in [0.05, 0.1) is 12.9 Å². The molecule has 0 fully saturated rings. The molecule has 0 saturated carbocycles. The third-order valence-corrected chi connectivity index (χ3v) is 4.70. The molecule has 1 unspecified atom stereocenters. The van der Waals surface area contributed by atoms with Gasteiger partial charge in [-0.15, -0.1) is 0 Å². The summed E-state index contributed by atoms with van der Waals surface area (Å²) >= 11 is 0. The zero-order valence-corrected chi connectivity index (χ0v) is 12.7. The molecule has 0 aliphatic heterocycles. The van der Waals surface area contributed by atoms with E-state index in [9.17, 15) is 13.2 Å². The Morgan fingerprint density at radius 2 is 1.90 bits per heavy atom.